The second kappa shape index (κ2) is 9.48. The van der Waals surface area contributed by atoms with E-state index in [0.29, 0.717) is 11.5 Å². The number of carbonyl (C=O) groups excluding carboxylic acids is 2. The number of esters is 2. The van der Waals surface area contributed by atoms with Gasteiger partial charge in [-0.3, -0.25) is 9.59 Å². The molecule has 3 rings (SSSR count). The van der Waals surface area contributed by atoms with Gasteiger partial charge in [-0.05, 0) is 69.8 Å². The van der Waals surface area contributed by atoms with Crippen molar-refractivity contribution in [1.29, 1.82) is 0 Å². The Bertz CT molecular complexity index is 407. The molecule has 120 valence electrons. The quantitative estimate of drug-likeness (QED) is 0.330. The number of hydrogen-bond acceptors (Lipinski definition) is 4. The Labute approximate surface area is 149 Å². The molecule has 2 aliphatic carbocycles. The fourth-order valence-electron chi connectivity index (χ4n) is 2.44. The van der Waals surface area contributed by atoms with Gasteiger partial charge in [0.2, 0.25) is 0 Å². The summed E-state index contributed by atoms with van der Waals surface area (Å²) in [5.74, 6) is -0.576. The molecule has 1 aliphatic heterocycles. The summed E-state index contributed by atoms with van der Waals surface area (Å²) in [6.45, 7) is 3.95. The maximum absolute atomic E-state index is 12.0. The van der Waals surface area contributed by atoms with E-state index < -0.39 is 17.4 Å². The molecule has 0 bridgehead atoms. The molecule has 23 heavy (non-hydrogen) atoms. The molecular weight excluding hydrogens is 336 g/mol. The van der Waals surface area contributed by atoms with E-state index in [4.69, 9.17) is 9.47 Å². The van der Waals surface area contributed by atoms with Crippen LogP contribution in [0.2, 0.25) is 0 Å². The van der Waals surface area contributed by atoms with Crippen LogP contribution < -0.4 is 0 Å². The second-order valence-electron chi connectivity index (χ2n) is 5.04. The van der Waals surface area contributed by atoms with Crippen molar-refractivity contribution in [2.24, 2.45) is 5.41 Å². The number of ether oxygens (including phenoxy) is 2. The molecule has 0 spiro atoms. The molecule has 1 atom stereocenters. The van der Waals surface area contributed by atoms with E-state index in [0.717, 1.165) is 0 Å². The Morgan fingerprint density at radius 1 is 1.13 bits per heavy atom. The molecule has 3 fully saturated rings. The first-order valence-electron chi connectivity index (χ1n) is 6.92. The van der Waals surface area contributed by atoms with Crippen LogP contribution >= 0.6 is 0 Å². The van der Waals surface area contributed by atoms with Gasteiger partial charge in [0.05, 0.1) is 7.11 Å². The summed E-state index contributed by atoms with van der Waals surface area (Å²) >= 11 is 0. The first-order valence-corrected chi connectivity index (χ1v) is 6.92. The number of cyclic esters (lactones) is 1. The average Bonchev–Trinajstić information content (AvgIpc) is 3.24. The normalized spacial score (nSPS) is 27.5. The third-order valence-corrected chi connectivity index (χ3v) is 3.52. The van der Waals surface area contributed by atoms with Gasteiger partial charge < -0.3 is 9.47 Å². The van der Waals surface area contributed by atoms with Crippen LogP contribution in [0.15, 0.2) is 12.2 Å². The maximum Gasteiger partial charge on any atom is 2.00 e. The van der Waals surface area contributed by atoms with E-state index in [2.05, 4.69) is 6.58 Å². The summed E-state index contributed by atoms with van der Waals surface area (Å²) in [5.41, 5.74) is -0.677. The van der Waals surface area contributed by atoms with Gasteiger partial charge in [-0.1, -0.05) is 6.58 Å². The van der Waals surface area contributed by atoms with E-state index in [9.17, 15) is 9.59 Å². The van der Waals surface area contributed by atoms with Crippen molar-refractivity contribution in [1.82, 2.24) is 0 Å². The Morgan fingerprint density at radius 2 is 1.65 bits per heavy atom. The maximum atomic E-state index is 12.0. The molecule has 1 saturated heterocycles. The van der Waals surface area contributed by atoms with Crippen LogP contribution in [0.3, 0.4) is 0 Å². The monoisotopic (exact) mass is 354 g/mol. The minimum Gasteiger partial charge on any atom is -0.468 e. The molecule has 1 heterocycles. The molecule has 0 aromatic heterocycles. The number of hydrogen-bond donors (Lipinski definition) is 0. The molecule has 4 nitrogen and oxygen atoms in total. The molecular formula is C18H18FeO4+2. The third kappa shape index (κ3) is 4.60. The molecule has 0 aromatic carbocycles. The van der Waals surface area contributed by atoms with Gasteiger partial charge in [0.15, 0.2) is 5.41 Å². The molecule has 0 aromatic rings. The van der Waals surface area contributed by atoms with E-state index in [1.807, 2.05) is 32.1 Å². The molecule has 5 heteroatoms. The van der Waals surface area contributed by atoms with E-state index in [1.165, 1.54) is 7.11 Å². The Kier molecular flexibility index (Phi) is 8.35. The Morgan fingerprint density at radius 3 is 2.13 bits per heavy atom. The topological polar surface area (TPSA) is 52.6 Å². The van der Waals surface area contributed by atoms with Crippen LogP contribution in [0.25, 0.3) is 0 Å². The smallest absolute Gasteiger partial charge is 0.468 e. The van der Waals surface area contributed by atoms with Crippen molar-refractivity contribution in [3.63, 3.8) is 0 Å². The fourth-order valence-corrected chi connectivity index (χ4v) is 2.44. The average molecular weight is 354 g/mol. The number of methoxy groups -OCH3 is 1. The fraction of sp³-hybridized carbons (Fsp3) is 0.222. The van der Waals surface area contributed by atoms with Crippen molar-refractivity contribution in [3.05, 3.63) is 75.9 Å². The van der Waals surface area contributed by atoms with Crippen LogP contribution in [0.4, 0.5) is 0 Å². The minimum atomic E-state index is -1.38. The van der Waals surface area contributed by atoms with E-state index in [1.54, 1.807) is 25.7 Å². The van der Waals surface area contributed by atoms with Crippen molar-refractivity contribution in [2.45, 2.75) is 6.42 Å². The predicted molar refractivity (Wildman–Crippen MR) is 81.1 cm³/mol. The summed E-state index contributed by atoms with van der Waals surface area (Å²) in [6.07, 6.45) is 17.2. The van der Waals surface area contributed by atoms with Crippen LogP contribution in [0.5, 0.6) is 0 Å². The van der Waals surface area contributed by atoms with Crippen LogP contribution in [0.1, 0.15) is 6.42 Å². The minimum absolute atomic E-state index is 0. The summed E-state index contributed by atoms with van der Waals surface area (Å²) in [4.78, 5) is 24.0. The molecule has 10 radical (unpaired) electrons. The van der Waals surface area contributed by atoms with Gasteiger partial charge in [-0.2, -0.15) is 0 Å². The molecule has 0 amide bonds. The zero-order chi connectivity index (χ0) is 16.0. The van der Waals surface area contributed by atoms with Crippen LogP contribution in [0, 0.1) is 69.1 Å². The molecule has 3 aliphatic rings. The second-order valence-corrected chi connectivity index (χ2v) is 5.04. The van der Waals surface area contributed by atoms with Gasteiger partial charge in [0.1, 0.15) is 6.61 Å². The Hall–Kier alpha value is -0.801. The Balaban J connectivity index is 0.000000377. The summed E-state index contributed by atoms with van der Waals surface area (Å²) in [6, 6.07) is 0. The zero-order valence-electron chi connectivity index (χ0n) is 12.8. The van der Waals surface area contributed by atoms with Gasteiger partial charge >= 0.3 is 29.0 Å². The number of carbonyl (C=O) groups is 2. The third-order valence-electron chi connectivity index (χ3n) is 3.52. The van der Waals surface area contributed by atoms with Gasteiger partial charge in [0.25, 0.3) is 0 Å². The van der Waals surface area contributed by atoms with Crippen molar-refractivity contribution in [3.8, 4) is 0 Å². The van der Waals surface area contributed by atoms with Crippen LogP contribution in [-0.2, 0) is 36.1 Å². The van der Waals surface area contributed by atoms with E-state index in [-0.39, 0.29) is 30.1 Å². The summed E-state index contributed by atoms with van der Waals surface area (Å²) in [5, 5.41) is 0. The van der Waals surface area contributed by atoms with Crippen molar-refractivity contribution < 1.29 is 36.1 Å². The SMILES string of the molecule is C=C1COC(=O)C([C]2[CH][CH][CH][CH]2)(C(=O)OC)C1.[CH]1[CH][CH][CH][CH]1.[Fe+2]. The zero-order valence-corrected chi connectivity index (χ0v) is 13.9. The van der Waals surface area contributed by atoms with Crippen LogP contribution in [-0.4, -0.2) is 25.7 Å². The predicted octanol–water partition coefficient (Wildman–Crippen LogP) is 2.07. The van der Waals surface area contributed by atoms with Gasteiger partial charge in [-0.15, -0.1) is 0 Å². The largest absolute Gasteiger partial charge is 2.00 e. The molecule has 2 saturated carbocycles. The summed E-state index contributed by atoms with van der Waals surface area (Å²) in [7, 11) is 1.26. The van der Waals surface area contributed by atoms with E-state index >= 15 is 0 Å². The van der Waals surface area contributed by atoms with Crippen molar-refractivity contribution in [2.75, 3.05) is 13.7 Å². The molecule has 1 unspecified atom stereocenters. The van der Waals surface area contributed by atoms with Gasteiger partial charge in [-0.25, -0.2) is 0 Å². The standard InChI is InChI=1S/C13H13O4.C5H5.Fe/c1-9-7-13(11(14)16-2,12(15)17-8-9)10-5-3-4-6-10;1-2-4-5-3-1;/h3-6H,1,7-8H2,2H3;1-5H;/q;;+2. The first-order chi connectivity index (χ1) is 10.6. The number of rotatable bonds is 2. The van der Waals surface area contributed by atoms with Gasteiger partial charge in [0, 0.05) is 5.92 Å². The molecule has 0 N–H and O–H groups in total. The van der Waals surface area contributed by atoms with Crippen molar-refractivity contribution >= 4 is 11.9 Å². The first kappa shape index (κ1) is 20.2. The summed E-state index contributed by atoms with van der Waals surface area (Å²) < 4.78 is 9.77.